The second-order valence-electron chi connectivity index (χ2n) is 4.95. The molecule has 1 heterocycles. The fraction of sp³-hybridized carbons (Fsp3) is 0.667. The van der Waals surface area contributed by atoms with E-state index < -0.39 is 19.2 Å². The molecule has 0 atom stereocenters. The lowest BCUT2D eigenvalue weighted by molar-refractivity contribution is -0.139. The number of halogens is 3. The van der Waals surface area contributed by atoms with E-state index in [1.54, 1.807) is 6.07 Å². The summed E-state index contributed by atoms with van der Waals surface area (Å²) in [4.78, 5) is 4.25. The molecule has 0 aliphatic rings. The quantitative estimate of drug-likeness (QED) is 0.703. The van der Waals surface area contributed by atoms with Crippen LogP contribution in [0.5, 0.6) is 5.88 Å². The number of pyridine rings is 1. The number of nitrogens with zero attached hydrogens (tertiary/aromatic N) is 1. The average molecular weight is 304 g/mol. The van der Waals surface area contributed by atoms with Crippen molar-refractivity contribution in [2.45, 2.75) is 52.3 Å². The van der Waals surface area contributed by atoms with Gasteiger partial charge in [0.1, 0.15) is 0 Å². The Hall–Kier alpha value is -1.30. The molecule has 1 N–H and O–H groups in total. The Labute approximate surface area is 123 Å². The Morgan fingerprint density at radius 3 is 2.57 bits per heavy atom. The Balaban J connectivity index is 2.67. The molecule has 0 amide bonds. The zero-order valence-corrected chi connectivity index (χ0v) is 12.6. The van der Waals surface area contributed by atoms with E-state index in [4.69, 9.17) is 4.74 Å². The van der Waals surface area contributed by atoms with Crippen LogP contribution in [-0.2, 0) is 13.0 Å². The van der Waals surface area contributed by atoms with E-state index in [9.17, 15) is 13.2 Å². The average Bonchev–Trinajstić information content (AvgIpc) is 2.38. The minimum absolute atomic E-state index is 0.276. The van der Waals surface area contributed by atoms with Crippen LogP contribution in [0, 0.1) is 0 Å². The number of hydrogen-bond donors (Lipinski definition) is 1. The fourth-order valence-electron chi connectivity index (χ4n) is 1.86. The molecule has 0 saturated heterocycles. The predicted octanol–water partition coefficient (Wildman–Crippen LogP) is 3.86. The lowest BCUT2D eigenvalue weighted by Gasteiger charge is -2.11. The molecule has 3 nitrogen and oxygen atoms in total. The van der Waals surface area contributed by atoms with Crippen molar-refractivity contribution in [2.75, 3.05) is 13.2 Å². The maximum absolute atomic E-state index is 12.1. The largest absolute Gasteiger partial charge is 0.477 e. The van der Waals surface area contributed by atoms with Crippen LogP contribution < -0.4 is 10.1 Å². The molecule has 0 aromatic carbocycles. The van der Waals surface area contributed by atoms with Crippen molar-refractivity contribution >= 4 is 0 Å². The van der Waals surface area contributed by atoms with Crippen molar-refractivity contribution in [1.82, 2.24) is 10.3 Å². The molecule has 21 heavy (non-hydrogen) atoms. The van der Waals surface area contributed by atoms with Crippen molar-refractivity contribution in [3.05, 3.63) is 23.4 Å². The van der Waals surface area contributed by atoms with Crippen LogP contribution in [0.1, 0.15) is 44.4 Å². The third-order valence-corrected chi connectivity index (χ3v) is 2.81. The number of nitrogens with one attached hydrogen (secondary N) is 1. The van der Waals surface area contributed by atoms with E-state index in [-0.39, 0.29) is 5.88 Å². The molecule has 120 valence electrons. The first-order valence-corrected chi connectivity index (χ1v) is 7.34. The first kappa shape index (κ1) is 17.8. The van der Waals surface area contributed by atoms with E-state index in [1.807, 2.05) is 13.0 Å². The Morgan fingerprint density at radius 2 is 1.95 bits per heavy atom. The molecule has 0 saturated carbocycles. The number of aromatic nitrogens is 1. The number of ether oxygens (including phenoxy) is 1. The summed E-state index contributed by atoms with van der Waals surface area (Å²) in [6.07, 6.45) is -2.41. The Morgan fingerprint density at radius 1 is 1.19 bits per heavy atom. The van der Waals surface area contributed by atoms with Crippen LogP contribution in [0.25, 0.3) is 0 Å². The molecule has 0 aliphatic heterocycles. The van der Waals surface area contributed by atoms with Gasteiger partial charge < -0.3 is 10.1 Å². The van der Waals surface area contributed by atoms with Crippen LogP contribution in [0.4, 0.5) is 13.2 Å². The standard InChI is InChI=1S/C15H23F3N2O/c1-3-5-13-9-12(11-19-7-4-2)10-14(20-13)21-8-6-15(16,17)18/h9-10,19H,3-8,11H2,1-2H3. The van der Waals surface area contributed by atoms with Crippen molar-refractivity contribution in [1.29, 1.82) is 0 Å². The topological polar surface area (TPSA) is 34.2 Å². The van der Waals surface area contributed by atoms with Crippen molar-refractivity contribution in [3.8, 4) is 5.88 Å². The van der Waals surface area contributed by atoms with Gasteiger partial charge in [0.25, 0.3) is 0 Å². The number of alkyl halides is 3. The lowest BCUT2D eigenvalue weighted by atomic mass is 10.1. The molecular weight excluding hydrogens is 281 g/mol. The van der Waals surface area contributed by atoms with Crippen molar-refractivity contribution in [2.24, 2.45) is 0 Å². The van der Waals surface area contributed by atoms with Crippen molar-refractivity contribution in [3.63, 3.8) is 0 Å². The SMILES string of the molecule is CCCNCc1cc(CCC)nc(OCCC(F)(F)F)c1. The fourth-order valence-corrected chi connectivity index (χ4v) is 1.86. The second kappa shape index (κ2) is 8.87. The smallest absolute Gasteiger partial charge is 0.392 e. The summed E-state index contributed by atoms with van der Waals surface area (Å²) in [5.41, 5.74) is 1.85. The summed E-state index contributed by atoms with van der Waals surface area (Å²) < 4.78 is 41.6. The monoisotopic (exact) mass is 304 g/mol. The van der Waals surface area contributed by atoms with Crippen LogP contribution in [0.2, 0.25) is 0 Å². The predicted molar refractivity (Wildman–Crippen MR) is 76.4 cm³/mol. The molecule has 0 spiro atoms. The van der Waals surface area contributed by atoms with E-state index in [0.29, 0.717) is 6.54 Å². The van der Waals surface area contributed by atoms with Crippen LogP contribution in [0.15, 0.2) is 12.1 Å². The molecule has 0 fully saturated rings. The van der Waals surface area contributed by atoms with Gasteiger partial charge >= 0.3 is 6.18 Å². The molecule has 1 aromatic rings. The normalized spacial score (nSPS) is 11.7. The van der Waals surface area contributed by atoms with Gasteiger partial charge in [-0.15, -0.1) is 0 Å². The molecule has 0 bridgehead atoms. The number of rotatable bonds is 9. The first-order chi connectivity index (χ1) is 9.94. The first-order valence-electron chi connectivity index (χ1n) is 7.34. The van der Waals surface area contributed by atoms with E-state index in [2.05, 4.69) is 17.2 Å². The van der Waals surface area contributed by atoms with Crippen LogP contribution >= 0.6 is 0 Å². The van der Waals surface area contributed by atoms with E-state index >= 15 is 0 Å². The van der Waals surface area contributed by atoms with Gasteiger partial charge in [0, 0.05) is 18.3 Å². The molecule has 0 unspecified atom stereocenters. The highest BCUT2D eigenvalue weighted by atomic mass is 19.4. The highest BCUT2D eigenvalue weighted by Crippen LogP contribution is 2.20. The summed E-state index contributed by atoms with van der Waals surface area (Å²) in [5, 5.41) is 3.26. The lowest BCUT2D eigenvalue weighted by Crippen LogP contribution is -2.15. The van der Waals surface area contributed by atoms with Gasteiger partial charge in [-0.25, -0.2) is 4.98 Å². The Kier molecular flexibility index (Phi) is 7.50. The zero-order valence-electron chi connectivity index (χ0n) is 12.6. The van der Waals surface area contributed by atoms with Crippen molar-refractivity contribution < 1.29 is 17.9 Å². The van der Waals surface area contributed by atoms with Gasteiger partial charge in [-0.05, 0) is 31.0 Å². The number of aryl methyl sites for hydroxylation is 1. The molecule has 0 aliphatic carbocycles. The van der Waals surface area contributed by atoms with Crippen LogP contribution in [-0.4, -0.2) is 24.3 Å². The molecule has 0 radical (unpaired) electrons. The highest BCUT2D eigenvalue weighted by molar-refractivity contribution is 5.25. The van der Waals surface area contributed by atoms with Gasteiger partial charge in [-0.1, -0.05) is 20.3 Å². The molecule has 1 rings (SSSR count). The minimum Gasteiger partial charge on any atom is -0.477 e. The Bertz CT molecular complexity index is 422. The highest BCUT2D eigenvalue weighted by Gasteiger charge is 2.26. The molecule has 6 heteroatoms. The zero-order chi connectivity index (χ0) is 15.7. The van der Waals surface area contributed by atoms with Gasteiger partial charge in [-0.2, -0.15) is 13.2 Å². The third kappa shape index (κ3) is 7.90. The van der Waals surface area contributed by atoms with E-state index in [0.717, 1.165) is 37.1 Å². The summed E-state index contributed by atoms with van der Waals surface area (Å²) in [7, 11) is 0. The maximum Gasteiger partial charge on any atom is 0.392 e. The van der Waals surface area contributed by atoms with Gasteiger partial charge in [0.15, 0.2) is 0 Å². The summed E-state index contributed by atoms with van der Waals surface area (Å²) in [5.74, 6) is 0.276. The summed E-state index contributed by atoms with van der Waals surface area (Å²) >= 11 is 0. The third-order valence-electron chi connectivity index (χ3n) is 2.81. The molecule has 1 aromatic heterocycles. The van der Waals surface area contributed by atoms with E-state index in [1.165, 1.54) is 0 Å². The van der Waals surface area contributed by atoms with Gasteiger partial charge in [0.05, 0.1) is 13.0 Å². The second-order valence-corrected chi connectivity index (χ2v) is 4.95. The van der Waals surface area contributed by atoms with Gasteiger partial charge in [-0.3, -0.25) is 0 Å². The minimum atomic E-state index is -4.20. The summed E-state index contributed by atoms with van der Waals surface area (Å²) in [6, 6.07) is 3.68. The van der Waals surface area contributed by atoms with Crippen LogP contribution in [0.3, 0.4) is 0 Å². The summed E-state index contributed by atoms with van der Waals surface area (Å²) in [6.45, 7) is 5.29. The van der Waals surface area contributed by atoms with Gasteiger partial charge in [0.2, 0.25) is 5.88 Å². The number of hydrogen-bond acceptors (Lipinski definition) is 3. The molecular formula is C15H23F3N2O. The maximum atomic E-state index is 12.1.